The first-order valence-electron chi connectivity index (χ1n) is 6.68. The molecule has 0 saturated heterocycles. The summed E-state index contributed by atoms with van der Waals surface area (Å²) < 4.78 is 0. The van der Waals surface area contributed by atoms with E-state index in [9.17, 15) is 9.90 Å². The predicted octanol–water partition coefficient (Wildman–Crippen LogP) is 2.25. The second-order valence-corrected chi connectivity index (χ2v) is 5.03. The molecule has 0 bridgehead atoms. The standard InChI is InChI=1S/C15H24N2O2/c1-5-10-17(11-15(19)16(3)4)12(2)13-6-8-14(18)9-7-13/h6-9,12,18H,5,10-11H2,1-4H3. The number of hydrogen-bond acceptors (Lipinski definition) is 3. The Kier molecular flexibility index (Phi) is 5.83. The number of benzene rings is 1. The minimum atomic E-state index is 0.110. The zero-order chi connectivity index (χ0) is 14.4. The summed E-state index contributed by atoms with van der Waals surface area (Å²) in [6, 6.07) is 7.34. The molecule has 19 heavy (non-hydrogen) atoms. The molecule has 0 fully saturated rings. The van der Waals surface area contributed by atoms with Crippen molar-refractivity contribution in [3.63, 3.8) is 0 Å². The Hall–Kier alpha value is -1.55. The first kappa shape index (κ1) is 15.5. The van der Waals surface area contributed by atoms with Crippen molar-refractivity contribution in [3.05, 3.63) is 29.8 Å². The highest BCUT2D eigenvalue weighted by molar-refractivity contribution is 5.77. The molecule has 0 aliphatic rings. The van der Waals surface area contributed by atoms with Gasteiger partial charge in [0.05, 0.1) is 6.54 Å². The van der Waals surface area contributed by atoms with Crippen molar-refractivity contribution in [2.45, 2.75) is 26.3 Å². The maximum atomic E-state index is 11.9. The lowest BCUT2D eigenvalue weighted by atomic mass is 10.1. The number of carbonyl (C=O) groups is 1. The van der Waals surface area contributed by atoms with Gasteiger partial charge in [-0.25, -0.2) is 0 Å². The first-order chi connectivity index (χ1) is 8.95. The molecule has 1 rings (SSSR count). The molecule has 1 aromatic rings. The normalized spacial score (nSPS) is 12.5. The summed E-state index contributed by atoms with van der Waals surface area (Å²) in [6.07, 6.45) is 1.00. The van der Waals surface area contributed by atoms with Gasteiger partial charge in [-0.1, -0.05) is 19.1 Å². The fourth-order valence-corrected chi connectivity index (χ4v) is 1.98. The second-order valence-electron chi connectivity index (χ2n) is 5.03. The number of phenolic OH excluding ortho intramolecular Hbond substituents is 1. The fraction of sp³-hybridized carbons (Fsp3) is 0.533. The van der Waals surface area contributed by atoms with E-state index in [0.29, 0.717) is 6.54 Å². The Morgan fingerprint density at radius 2 is 1.84 bits per heavy atom. The highest BCUT2D eigenvalue weighted by Crippen LogP contribution is 2.22. The van der Waals surface area contributed by atoms with Crippen LogP contribution >= 0.6 is 0 Å². The van der Waals surface area contributed by atoms with Crippen LogP contribution in [0.3, 0.4) is 0 Å². The largest absolute Gasteiger partial charge is 0.508 e. The third kappa shape index (κ3) is 4.56. The molecule has 0 aliphatic heterocycles. The maximum Gasteiger partial charge on any atom is 0.236 e. The van der Waals surface area contributed by atoms with Crippen LogP contribution in [0.15, 0.2) is 24.3 Å². The van der Waals surface area contributed by atoms with Crippen LogP contribution in [0, 0.1) is 0 Å². The Labute approximate surface area is 115 Å². The quantitative estimate of drug-likeness (QED) is 0.857. The van der Waals surface area contributed by atoms with Crippen molar-refractivity contribution >= 4 is 5.91 Å². The number of likely N-dealkylation sites (N-methyl/N-ethyl adjacent to an activating group) is 1. The van der Waals surface area contributed by atoms with E-state index >= 15 is 0 Å². The summed E-state index contributed by atoms with van der Waals surface area (Å²) in [5, 5.41) is 9.32. The second kappa shape index (κ2) is 7.14. The Bertz CT molecular complexity index is 401. The summed E-state index contributed by atoms with van der Waals surface area (Å²) in [5.74, 6) is 0.376. The number of aromatic hydroxyl groups is 1. The third-order valence-corrected chi connectivity index (χ3v) is 3.27. The molecule has 1 aromatic carbocycles. The topological polar surface area (TPSA) is 43.8 Å². The molecule has 106 valence electrons. The van der Waals surface area contributed by atoms with E-state index in [1.807, 2.05) is 12.1 Å². The van der Waals surface area contributed by atoms with Crippen molar-refractivity contribution < 1.29 is 9.90 Å². The molecule has 0 radical (unpaired) electrons. The summed E-state index contributed by atoms with van der Waals surface area (Å²) in [4.78, 5) is 15.6. The molecular formula is C15H24N2O2. The lowest BCUT2D eigenvalue weighted by Gasteiger charge is -2.29. The SMILES string of the molecule is CCCN(CC(=O)N(C)C)C(C)c1ccc(O)cc1. The van der Waals surface area contributed by atoms with E-state index in [0.717, 1.165) is 18.5 Å². The van der Waals surface area contributed by atoms with E-state index in [1.54, 1.807) is 31.1 Å². The van der Waals surface area contributed by atoms with Crippen molar-refractivity contribution in [1.82, 2.24) is 9.80 Å². The number of phenols is 1. The zero-order valence-electron chi connectivity index (χ0n) is 12.3. The average Bonchev–Trinajstić information content (AvgIpc) is 2.38. The molecule has 0 heterocycles. The summed E-state index contributed by atoms with van der Waals surface area (Å²) in [5.41, 5.74) is 1.11. The number of carbonyl (C=O) groups excluding carboxylic acids is 1. The number of nitrogens with zero attached hydrogens (tertiary/aromatic N) is 2. The molecule has 0 saturated carbocycles. The number of rotatable bonds is 6. The van der Waals surface area contributed by atoms with Crippen LogP contribution in [0.1, 0.15) is 31.9 Å². The van der Waals surface area contributed by atoms with Crippen LogP contribution in [0.2, 0.25) is 0 Å². The van der Waals surface area contributed by atoms with Crippen LogP contribution < -0.4 is 0 Å². The predicted molar refractivity (Wildman–Crippen MR) is 77.1 cm³/mol. The van der Waals surface area contributed by atoms with Gasteiger partial charge >= 0.3 is 0 Å². The molecule has 1 N–H and O–H groups in total. The summed E-state index contributed by atoms with van der Waals surface area (Å²) in [6.45, 7) is 5.49. The highest BCUT2D eigenvalue weighted by Gasteiger charge is 2.18. The van der Waals surface area contributed by atoms with Crippen LogP contribution in [0.25, 0.3) is 0 Å². The monoisotopic (exact) mass is 264 g/mol. The van der Waals surface area contributed by atoms with Crippen LogP contribution in [0.5, 0.6) is 5.75 Å². The smallest absolute Gasteiger partial charge is 0.236 e. The first-order valence-corrected chi connectivity index (χ1v) is 6.68. The van der Waals surface area contributed by atoms with E-state index in [-0.39, 0.29) is 17.7 Å². The van der Waals surface area contributed by atoms with Crippen LogP contribution in [-0.4, -0.2) is 48.0 Å². The average molecular weight is 264 g/mol. The molecule has 0 aromatic heterocycles. The zero-order valence-corrected chi connectivity index (χ0v) is 12.3. The summed E-state index contributed by atoms with van der Waals surface area (Å²) in [7, 11) is 3.55. The van der Waals surface area contributed by atoms with Gasteiger partial charge in [0.25, 0.3) is 0 Å². The molecule has 0 spiro atoms. The van der Waals surface area contributed by atoms with Crippen molar-refractivity contribution in [1.29, 1.82) is 0 Å². The van der Waals surface area contributed by atoms with E-state index in [2.05, 4.69) is 18.7 Å². The Morgan fingerprint density at radius 3 is 2.32 bits per heavy atom. The Balaban J connectivity index is 2.80. The molecule has 1 amide bonds. The van der Waals surface area contributed by atoms with E-state index < -0.39 is 0 Å². The molecule has 0 aliphatic carbocycles. The lowest BCUT2D eigenvalue weighted by molar-refractivity contribution is -0.130. The van der Waals surface area contributed by atoms with Gasteiger partial charge in [0.2, 0.25) is 5.91 Å². The van der Waals surface area contributed by atoms with E-state index in [1.165, 1.54) is 0 Å². The molecule has 4 nitrogen and oxygen atoms in total. The van der Waals surface area contributed by atoms with Crippen molar-refractivity contribution in [2.75, 3.05) is 27.2 Å². The maximum absolute atomic E-state index is 11.9. The van der Waals surface area contributed by atoms with Gasteiger partial charge in [-0.05, 0) is 37.6 Å². The number of hydrogen-bond donors (Lipinski definition) is 1. The molecule has 1 atom stereocenters. The summed E-state index contributed by atoms with van der Waals surface area (Å²) >= 11 is 0. The van der Waals surface area contributed by atoms with Gasteiger partial charge in [0.15, 0.2) is 0 Å². The van der Waals surface area contributed by atoms with Crippen molar-refractivity contribution in [2.24, 2.45) is 0 Å². The Morgan fingerprint density at radius 1 is 1.26 bits per heavy atom. The van der Waals surface area contributed by atoms with Gasteiger partial charge < -0.3 is 10.0 Å². The minimum absolute atomic E-state index is 0.110. The fourth-order valence-electron chi connectivity index (χ4n) is 1.98. The van der Waals surface area contributed by atoms with Crippen LogP contribution in [-0.2, 0) is 4.79 Å². The van der Waals surface area contributed by atoms with Gasteiger partial charge in [-0.15, -0.1) is 0 Å². The van der Waals surface area contributed by atoms with Crippen LogP contribution in [0.4, 0.5) is 0 Å². The van der Waals surface area contributed by atoms with Gasteiger partial charge in [-0.3, -0.25) is 9.69 Å². The van der Waals surface area contributed by atoms with Crippen molar-refractivity contribution in [3.8, 4) is 5.75 Å². The molecule has 4 heteroatoms. The number of amides is 1. The molecular weight excluding hydrogens is 240 g/mol. The highest BCUT2D eigenvalue weighted by atomic mass is 16.3. The molecule has 1 unspecified atom stereocenters. The van der Waals surface area contributed by atoms with Gasteiger partial charge in [0, 0.05) is 20.1 Å². The third-order valence-electron chi connectivity index (χ3n) is 3.27. The van der Waals surface area contributed by atoms with Gasteiger partial charge in [0.1, 0.15) is 5.75 Å². The van der Waals surface area contributed by atoms with Gasteiger partial charge in [-0.2, -0.15) is 0 Å². The van der Waals surface area contributed by atoms with E-state index in [4.69, 9.17) is 0 Å². The minimum Gasteiger partial charge on any atom is -0.508 e. The lowest BCUT2D eigenvalue weighted by Crippen LogP contribution is -2.38.